The van der Waals surface area contributed by atoms with Crippen molar-refractivity contribution in [3.05, 3.63) is 0 Å². The van der Waals surface area contributed by atoms with E-state index in [1.807, 2.05) is 0 Å². The van der Waals surface area contributed by atoms with Crippen LogP contribution in [0.15, 0.2) is 0 Å². The Balaban J connectivity index is 2.02. The highest BCUT2D eigenvalue weighted by atomic mass is 16.2. The van der Waals surface area contributed by atoms with Crippen molar-refractivity contribution in [2.75, 3.05) is 13.1 Å². The topological polar surface area (TPSA) is 75.4 Å². The SMILES string of the molecule is NC(=O)[C@@H]1CCCN1C(=O)[C@H]1CCCN1. The Labute approximate surface area is 89.0 Å². The van der Waals surface area contributed by atoms with E-state index in [0.29, 0.717) is 13.0 Å². The Morgan fingerprint density at radius 3 is 2.67 bits per heavy atom. The normalized spacial score (nSPS) is 30.8. The molecule has 2 aliphatic heterocycles. The lowest BCUT2D eigenvalue weighted by atomic mass is 10.1. The monoisotopic (exact) mass is 211 g/mol. The van der Waals surface area contributed by atoms with Gasteiger partial charge in [-0.2, -0.15) is 0 Å². The Hall–Kier alpha value is -1.10. The molecule has 0 bridgehead atoms. The molecular formula is C10H17N3O2. The maximum Gasteiger partial charge on any atom is 0.240 e. The summed E-state index contributed by atoms with van der Waals surface area (Å²) in [6, 6.07) is -0.468. The van der Waals surface area contributed by atoms with Gasteiger partial charge in [0.1, 0.15) is 6.04 Å². The standard InChI is InChI=1S/C10H17N3O2/c11-9(14)8-4-2-6-13(8)10(15)7-3-1-5-12-7/h7-8,12H,1-6H2,(H2,11,14)/t7-,8+/m1/s1. The number of carbonyl (C=O) groups is 2. The van der Waals surface area contributed by atoms with Gasteiger partial charge in [0.2, 0.25) is 11.8 Å². The number of hydrogen-bond donors (Lipinski definition) is 2. The highest BCUT2D eigenvalue weighted by Crippen LogP contribution is 2.20. The average molecular weight is 211 g/mol. The summed E-state index contributed by atoms with van der Waals surface area (Å²) in [6.07, 6.45) is 3.51. The molecule has 2 atom stereocenters. The maximum absolute atomic E-state index is 12.0. The molecule has 0 aliphatic carbocycles. The molecule has 0 aromatic heterocycles. The molecule has 15 heavy (non-hydrogen) atoms. The van der Waals surface area contributed by atoms with Crippen molar-refractivity contribution in [1.82, 2.24) is 10.2 Å². The summed E-state index contributed by atoms with van der Waals surface area (Å²) in [5, 5.41) is 3.15. The molecule has 2 fully saturated rings. The van der Waals surface area contributed by atoms with E-state index in [1.54, 1.807) is 4.90 Å². The lowest BCUT2D eigenvalue weighted by molar-refractivity contribution is -0.138. The van der Waals surface area contributed by atoms with Gasteiger partial charge in [-0.3, -0.25) is 9.59 Å². The van der Waals surface area contributed by atoms with E-state index in [1.165, 1.54) is 0 Å². The van der Waals surface area contributed by atoms with Crippen LogP contribution in [-0.4, -0.2) is 41.9 Å². The third-order valence-corrected chi connectivity index (χ3v) is 3.22. The van der Waals surface area contributed by atoms with Crippen molar-refractivity contribution in [3.63, 3.8) is 0 Å². The van der Waals surface area contributed by atoms with Crippen LogP contribution in [0.4, 0.5) is 0 Å². The molecular weight excluding hydrogens is 194 g/mol. The van der Waals surface area contributed by atoms with Crippen LogP contribution in [0.5, 0.6) is 0 Å². The number of carbonyl (C=O) groups excluding carboxylic acids is 2. The van der Waals surface area contributed by atoms with Crippen LogP contribution in [0.1, 0.15) is 25.7 Å². The summed E-state index contributed by atoms with van der Waals surface area (Å²) in [7, 11) is 0. The van der Waals surface area contributed by atoms with Crippen molar-refractivity contribution in [2.24, 2.45) is 5.73 Å². The van der Waals surface area contributed by atoms with Gasteiger partial charge in [-0.15, -0.1) is 0 Å². The first kappa shape index (κ1) is 10.4. The Bertz CT molecular complexity index is 274. The van der Waals surface area contributed by atoms with Crippen LogP contribution < -0.4 is 11.1 Å². The predicted octanol–water partition coefficient (Wildman–Crippen LogP) is -0.785. The smallest absolute Gasteiger partial charge is 0.240 e. The predicted molar refractivity (Wildman–Crippen MR) is 55.0 cm³/mol. The van der Waals surface area contributed by atoms with Gasteiger partial charge in [-0.25, -0.2) is 0 Å². The highest BCUT2D eigenvalue weighted by Gasteiger charge is 2.36. The summed E-state index contributed by atoms with van der Waals surface area (Å²) in [5.41, 5.74) is 5.27. The van der Waals surface area contributed by atoms with Crippen molar-refractivity contribution in [3.8, 4) is 0 Å². The number of nitrogens with two attached hydrogens (primary N) is 1. The Morgan fingerprint density at radius 2 is 2.07 bits per heavy atom. The molecule has 0 aromatic carbocycles. The molecule has 3 N–H and O–H groups in total. The number of nitrogens with one attached hydrogen (secondary N) is 1. The molecule has 0 saturated carbocycles. The number of amides is 2. The van der Waals surface area contributed by atoms with Gasteiger partial charge in [-0.05, 0) is 32.2 Å². The Kier molecular flexibility index (Phi) is 2.90. The number of rotatable bonds is 2. The molecule has 0 unspecified atom stereocenters. The van der Waals surface area contributed by atoms with E-state index < -0.39 is 0 Å². The number of nitrogens with zero attached hydrogens (tertiary/aromatic N) is 1. The first-order valence-electron chi connectivity index (χ1n) is 5.53. The summed E-state index contributed by atoms with van der Waals surface area (Å²) in [6.45, 7) is 1.57. The van der Waals surface area contributed by atoms with E-state index in [-0.39, 0.29) is 23.9 Å². The molecule has 2 rings (SSSR count). The van der Waals surface area contributed by atoms with Gasteiger partial charge in [0.05, 0.1) is 6.04 Å². The molecule has 0 spiro atoms. The second-order valence-electron chi connectivity index (χ2n) is 4.24. The van der Waals surface area contributed by atoms with Gasteiger partial charge in [0.15, 0.2) is 0 Å². The van der Waals surface area contributed by atoms with Gasteiger partial charge in [0.25, 0.3) is 0 Å². The fourth-order valence-electron chi connectivity index (χ4n) is 2.42. The largest absolute Gasteiger partial charge is 0.368 e. The van der Waals surface area contributed by atoms with Crippen LogP contribution in [-0.2, 0) is 9.59 Å². The summed E-state index contributed by atoms with van der Waals surface area (Å²) >= 11 is 0. The minimum Gasteiger partial charge on any atom is -0.368 e. The second-order valence-corrected chi connectivity index (χ2v) is 4.24. The molecule has 2 heterocycles. The molecule has 2 aliphatic rings. The third-order valence-electron chi connectivity index (χ3n) is 3.22. The van der Waals surface area contributed by atoms with Crippen LogP contribution in [0.25, 0.3) is 0 Å². The maximum atomic E-state index is 12.0. The molecule has 0 radical (unpaired) electrons. The van der Waals surface area contributed by atoms with Crippen molar-refractivity contribution in [2.45, 2.75) is 37.8 Å². The second kappa shape index (κ2) is 4.18. The van der Waals surface area contributed by atoms with Gasteiger partial charge < -0.3 is 16.0 Å². The quantitative estimate of drug-likeness (QED) is 0.629. The minimum atomic E-state index is -0.376. The first-order chi connectivity index (χ1) is 7.20. The lowest BCUT2D eigenvalue weighted by Crippen LogP contribution is -2.49. The molecule has 0 aromatic rings. The van der Waals surface area contributed by atoms with E-state index in [0.717, 1.165) is 25.8 Å². The fourth-order valence-corrected chi connectivity index (χ4v) is 2.42. The third kappa shape index (κ3) is 1.97. The number of hydrogen-bond acceptors (Lipinski definition) is 3. The lowest BCUT2D eigenvalue weighted by Gasteiger charge is -2.25. The van der Waals surface area contributed by atoms with E-state index in [2.05, 4.69) is 5.32 Å². The fraction of sp³-hybridized carbons (Fsp3) is 0.800. The molecule has 2 saturated heterocycles. The van der Waals surface area contributed by atoms with Crippen LogP contribution in [0.3, 0.4) is 0 Å². The van der Waals surface area contributed by atoms with Gasteiger partial charge in [-0.1, -0.05) is 0 Å². The summed E-state index contributed by atoms with van der Waals surface area (Å²) in [5.74, 6) is -0.326. The zero-order valence-corrected chi connectivity index (χ0v) is 8.74. The van der Waals surface area contributed by atoms with E-state index >= 15 is 0 Å². The molecule has 2 amide bonds. The van der Waals surface area contributed by atoms with E-state index in [9.17, 15) is 9.59 Å². The Morgan fingerprint density at radius 1 is 1.27 bits per heavy atom. The van der Waals surface area contributed by atoms with Crippen molar-refractivity contribution >= 4 is 11.8 Å². The number of primary amides is 1. The van der Waals surface area contributed by atoms with Crippen LogP contribution >= 0.6 is 0 Å². The summed E-state index contributed by atoms with van der Waals surface area (Å²) < 4.78 is 0. The zero-order valence-electron chi connectivity index (χ0n) is 8.74. The highest BCUT2D eigenvalue weighted by molar-refractivity contribution is 5.89. The van der Waals surface area contributed by atoms with Crippen LogP contribution in [0, 0.1) is 0 Å². The van der Waals surface area contributed by atoms with E-state index in [4.69, 9.17) is 5.73 Å². The molecule has 5 heteroatoms. The summed E-state index contributed by atoms with van der Waals surface area (Å²) in [4.78, 5) is 24.8. The number of likely N-dealkylation sites (tertiary alicyclic amines) is 1. The minimum absolute atomic E-state index is 0.0498. The first-order valence-corrected chi connectivity index (χ1v) is 5.53. The van der Waals surface area contributed by atoms with Gasteiger partial charge >= 0.3 is 0 Å². The van der Waals surface area contributed by atoms with Gasteiger partial charge in [0, 0.05) is 6.54 Å². The zero-order chi connectivity index (χ0) is 10.8. The molecule has 5 nitrogen and oxygen atoms in total. The van der Waals surface area contributed by atoms with Crippen LogP contribution in [0.2, 0.25) is 0 Å². The molecule has 84 valence electrons. The van der Waals surface area contributed by atoms with Crippen molar-refractivity contribution < 1.29 is 9.59 Å². The van der Waals surface area contributed by atoms with Crippen molar-refractivity contribution in [1.29, 1.82) is 0 Å². The average Bonchev–Trinajstić information content (AvgIpc) is 2.88.